The van der Waals surface area contributed by atoms with Crippen LogP contribution in [0.25, 0.3) is 0 Å². The average molecular weight is 224 g/mol. The highest BCUT2D eigenvalue weighted by molar-refractivity contribution is 5.66. The number of carbonyl (C=O) groups is 1. The molecule has 0 fully saturated rings. The molecule has 0 heterocycles. The predicted octanol–water partition coefficient (Wildman–Crippen LogP) is 2.18. The molecule has 0 spiro atoms. The molecule has 1 unspecified atom stereocenters. The number of hydrogen-bond donors (Lipinski definition) is 1. The highest BCUT2D eigenvalue weighted by atomic mass is 16.5. The van der Waals surface area contributed by atoms with Crippen molar-refractivity contribution in [1.82, 2.24) is 0 Å². The van der Waals surface area contributed by atoms with E-state index in [9.17, 15) is 4.79 Å². The van der Waals surface area contributed by atoms with Gasteiger partial charge in [-0.3, -0.25) is 4.79 Å². The predicted molar refractivity (Wildman–Crippen MR) is 59.9 cm³/mol. The monoisotopic (exact) mass is 224 g/mol. The van der Waals surface area contributed by atoms with E-state index in [1.807, 2.05) is 6.92 Å². The van der Waals surface area contributed by atoms with E-state index in [1.54, 1.807) is 31.4 Å². The van der Waals surface area contributed by atoms with Crippen molar-refractivity contribution >= 4 is 5.97 Å². The van der Waals surface area contributed by atoms with Gasteiger partial charge in [-0.1, -0.05) is 6.92 Å². The van der Waals surface area contributed by atoms with Gasteiger partial charge in [-0.25, -0.2) is 0 Å². The Balaban J connectivity index is 2.39. The van der Waals surface area contributed by atoms with Gasteiger partial charge >= 0.3 is 5.97 Å². The summed E-state index contributed by atoms with van der Waals surface area (Å²) in [6.07, 6.45) is 0.121. The van der Waals surface area contributed by atoms with Crippen molar-refractivity contribution in [3.05, 3.63) is 24.3 Å². The molecule has 0 bridgehead atoms. The second-order valence-electron chi connectivity index (χ2n) is 3.69. The minimum atomic E-state index is -0.800. The van der Waals surface area contributed by atoms with E-state index >= 15 is 0 Å². The van der Waals surface area contributed by atoms with Gasteiger partial charge in [0, 0.05) is 5.92 Å². The van der Waals surface area contributed by atoms with Crippen LogP contribution in [0.15, 0.2) is 24.3 Å². The zero-order valence-electron chi connectivity index (χ0n) is 9.47. The minimum Gasteiger partial charge on any atom is -0.497 e. The minimum absolute atomic E-state index is 0.000369. The largest absolute Gasteiger partial charge is 0.497 e. The lowest BCUT2D eigenvalue weighted by Gasteiger charge is -2.11. The van der Waals surface area contributed by atoms with E-state index in [1.165, 1.54) is 0 Å². The summed E-state index contributed by atoms with van der Waals surface area (Å²) in [5, 5.41) is 8.58. The molecular formula is C12H16O4. The lowest BCUT2D eigenvalue weighted by atomic mass is 10.1. The van der Waals surface area contributed by atoms with Crippen molar-refractivity contribution in [3.8, 4) is 11.5 Å². The number of ether oxygens (including phenoxy) is 2. The first-order valence-electron chi connectivity index (χ1n) is 5.10. The molecule has 0 amide bonds. The molecule has 0 saturated carbocycles. The average Bonchev–Trinajstić information content (AvgIpc) is 2.26. The van der Waals surface area contributed by atoms with Crippen LogP contribution in [0.5, 0.6) is 11.5 Å². The fourth-order valence-corrected chi connectivity index (χ4v) is 1.27. The maximum absolute atomic E-state index is 10.4. The molecule has 1 atom stereocenters. The van der Waals surface area contributed by atoms with Gasteiger partial charge in [0.15, 0.2) is 0 Å². The third-order valence-electron chi connectivity index (χ3n) is 2.12. The molecule has 88 valence electrons. The van der Waals surface area contributed by atoms with Crippen molar-refractivity contribution in [2.24, 2.45) is 5.92 Å². The molecule has 0 aliphatic heterocycles. The second kappa shape index (κ2) is 6.00. The van der Waals surface area contributed by atoms with Crippen molar-refractivity contribution in [3.63, 3.8) is 0 Å². The van der Waals surface area contributed by atoms with Crippen LogP contribution in [0.2, 0.25) is 0 Å². The Morgan fingerprint density at radius 3 is 2.38 bits per heavy atom. The highest BCUT2D eigenvalue weighted by Gasteiger charge is 2.08. The zero-order chi connectivity index (χ0) is 12.0. The van der Waals surface area contributed by atoms with E-state index in [0.29, 0.717) is 6.61 Å². The van der Waals surface area contributed by atoms with Gasteiger partial charge in [0.05, 0.1) is 20.1 Å². The summed E-state index contributed by atoms with van der Waals surface area (Å²) < 4.78 is 10.5. The summed E-state index contributed by atoms with van der Waals surface area (Å²) in [6, 6.07) is 7.20. The topological polar surface area (TPSA) is 55.8 Å². The number of benzene rings is 1. The lowest BCUT2D eigenvalue weighted by molar-refractivity contribution is -0.138. The number of carboxylic acid groups (broad SMARTS) is 1. The fraction of sp³-hybridized carbons (Fsp3) is 0.417. The number of rotatable bonds is 6. The Morgan fingerprint density at radius 2 is 1.88 bits per heavy atom. The van der Waals surface area contributed by atoms with Gasteiger partial charge in [0.2, 0.25) is 0 Å². The van der Waals surface area contributed by atoms with Gasteiger partial charge in [-0.2, -0.15) is 0 Å². The normalized spacial score (nSPS) is 11.9. The SMILES string of the molecule is COc1ccc(OCC(C)CC(=O)O)cc1. The Hall–Kier alpha value is -1.71. The lowest BCUT2D eigenvalue weighted by Crippen LogP contribution is -2.12. The van der Waals surface area contributed by atoms with Crippen LogP contribution >= 0.6 is 0 Å². The summed E-state index contributed by atoms with van der Waals surface area (Å²) in [4.78, 5) is 10.4. The first-order valence-corrected chi connectivity index (χ1v) is 5.10. The van der Waals surface area contributed by atoms with E-state index in [4.69, 9.17) is 14.6 Å². The maximum Gasteiger partial charge on any atom is 0.303 e. The van der Waals surface area contributed by atoms with Crippen molar-refractivity contribution < 1.29 is 19.4 Å². The van der Waals surface area contributed by atoms with Crippen LogP contribution in [0.4, 0.5) is 0 Å². The third kappa shape index (κ3) is 4.21. The molecule has 0 radical (unpaired) electrons. The van der Waals surface area contributed by atoms with Gasteiger partial charge in [0.25, 0.3) is 0 Å². The van der Waals surface area contributed by atoms with Crippen LogP contribution in [-0.2, 0) is 4.79 Å². The van der Waals surface area contributed by atoms with Crippen molar-refractivity contribution in [2.45, 2.75) is 13.3 Å². The van der Waals surface area contributed by atoms with Gasteiger partial charge in [-0.15, -0.1) is 0 Å². The number of hydrogen-bond acceptors (Lipinski definition) is 3. The number of carboxylic acids is 1. The standard InChI is InChI=1S/C12H16O4/c1-9(7-12(13)14)8-16-11-5-3-10(15-2)4-6-11/h3-6,9H,7-8H2,1-2H3,(H,13,14). The summed E-state index contributed by atoms with van der Waals surface area (Å²) >= 11 is 0. The molecular weight excluding hydrogens is 208 g/mol. The molecule has 1 aromatic rings. The molecule has 1 rings (SSSR count). The molecule has 0 aliphatic rings. The molecule has 1 N–H and O–H groups in total. The molecule has 0 aromatic heterocycles. The number of aliphatic carboxylic acids is 1. The van der Waals surface area contributed by atoms with Crippen LogP contribution in [0.3, 0.4) is 0 Å². The molecule has 4 heteroatoms. The van der Waals surface area contributed by atoms with E-state index in [0.717, 1.165) is 11.5 Å². The van der Waals surface area contributed by atoms with Crippen LogP contribution < -0.4 is 9.47 Å². The summed E-state index contributed by atoms with van der Waals surface area (Å²) in [5.74, 6) is 0.689. The Morgan fingerprint density at radius 1 is 1.31 bits per heavy atom. The van der Waals surface area contributed by atoms with Crippen LogP contribution in [-0.4, -0.2) is 24.8 Å². The summed E-state index contributed by atoms with van der Waals surface area (Å²) in [6.45, 7) is 2.25. The molecule has 0 saturated heterocycles. The smallest absolute Gasteiger partial charge is 0.303 e. The first kappa shape index (κ1) is 12.4. The highest BCUT2D eigenvalue weighted by Crippen LogP contribution is 2.17. The Kier molecular flexibility index (Phi) is 4.64. The first-order chi connectivity index (χ1) is 7.61. The van der Waals surface area contributed by atoms with Crippen molar-refractivity contribution in [2.75, 3.05) is 13.7 Å². The van der Waals surface area contributed by atoms with Gasteiger partial charge in [-0.05, 0) is 24.3 Å². The molecule has 16 heavy (non-hydrogen) atoms. The Bertz CT molecular complexity index is 331. The van der Waals surface area contributed by atoms with Crippen molar-refractivity contribution in [1.29, 1.82) is 0 Å². The fourth-order valence-electron chi connectivity index (χ4n) is 1.27. The summed E-state index contributed by atoms with van der Waals surface area (Å²) in [5.41, 5.74) is 0. The van der Waals surface area contributed by atoms with Crippen LogP contribution in [0, 0.1) is 5.92 Å². The second-order valence-corrected chi connectivity index (χ2v) is 3.69. The summed E-state index contributed by atoms with van der Waals surface area (Å²) in [7, 11) is 1.60. The van der Waals surface area contributed by atoms with E-state index in [-0.39, 0.29) is 12.3 Å². The molecule has 0 aliphatic carbocycles. The number of methoxy groups -OCH3 is 1. The van der Waals surface area contributed by atoms with E-state index in [2.05, 4.69) is 0 Å². The maximum atomic E-state index is 10.4. The van der Waals surface area contributed by atoms with Gasteiger partial charge in [0.1, 0.15) is 11.5 Å². The third-order valence-corrected chi connectivity index (χ3v) is 2.12. The Labute approximate surface area is 94.8 Å². The van der Waals surface area contributed by atoms with Gasteiger partial charge < -0.3 is 14.6 Å². The molecule has 1 aromatic carbocycles. The van der Waals surface area contributed by atoms with E-state index < -0.39 is 5.97 Å². The molecule has 4 nitrogen and oxygen atoms in total. The zero-order valence-corrected chi connectivity index (χ0v) is 9.47. The van der Waals surface area contributed by atoms with Crippen LogP contribution in [0.1, 0.15) is 13.3 Å². The quantitative estimate of drug-likeness (QED) is 0.804.